The fourth-order valence-electron chi connectivity index (χ4n) is 7.64. The van der Waals surface area contributed by atoms with Crippen LogP contribution in [0.25, 0.3) is 0 Å². The van der Waals surface area contributed by atoms with E-state index < -0.39 is 29.8 Å². The molecule has 3 aliphatic rings. The van der Waals surface area contributed by atoms with Gasteiger partial charge in [0.1, 0.15) is 40.2 Å². The molecule has 1 amide bonds. The number of aromatic nitrogens is 1. The Labute approximate surface area is 334 Å². The first kappa shape index (κ1) is 38.8. The molecule has 12 nitrogen and oxygen atoms in total. The lowest BCUT2D eigenvalue weighted by Gasteiger charge is -2.43. The molecular weight excluding hydrogens is 761 g/mol. The van der Waals surface area contributed by atoms with E-state index >= 15 is 0 Å². The Morgan fingerprint density at radius 2 is 1.64 bits per heavy atom. The molecule has 3 saturated heterocycles. The van der Waals surface area contributed by atoms with E-state index in [1.807, 2.05) is 48.5 Å². The van der Waals surface area contributed by atoms with Gasteiger partial charge in [0, 0.05) is 28.3 Å². The third-order valence-corrected chi connectivity index (χ3v) is 11.1. The average Bonchev–Trinajstić information content (AvgIpc) is 3.64. The lowest BCUT2D eigenvalue weighted by Crippen LogP contribution is -2.52. The molecule has 8 rings (SSSR count). The minimum Gasteiger partial charge on any atom is -0.542 e. The van der Waals surface area contributed by atoms with Gasteiger partial charge in [0.25, 0.3) is 0 Å². The van der Waals surface area contributed by atoms with Crippen LogP contribution in [0.5, 0.6) is 17.2 Å². The summed E-state index contributed by atoms with van der Waals surface area (Å²) < 4.78 is 29.8. The van der Waals surface area contributed by atoms with E-state index in [9.17, 15) is 19.9 Å². The standard InChI is InChI=1S/C42H41Cl2N3O9/c1-52-36-12-11-27(18-37(36)53-2)31(20-33-34(43)21-47(51)22-35(33)44)32-19-30(55-40(32)41(48)49)24-54-29-10-6-9-28(17-29)39(26-7-4-3-5-8-26)45-42(50)56-38-23-46-15-13-25(38)14-16-46/h3-12,17-19,21-22,25,31,38-39H,13-16,20,23-24H2,1-2H3,(H2-,45,48,49,50,51)/t31-,38-,39-/m0/s1. The number of pyridine rings is 1. The van der Waals surface area contributed by atoms with Crippen LogP contribution in [0.1, 0.15) is 68.9 Å². The summed E-state index contributed by atoms with van der Waals surface area (Å²) in [5.41, 5.74) is 3.01. The molecule has 2 aromatic heterocycles. The summed E-state index contributed by atoms with van der Waals surface area (Å²) >= 11 is 13.1. The number of rotatable bonds is 14. The number of furan rings is 1. The van der Waals surface area contributed by atoms with Crippen molar-refractivity contribution in [2.24, 2.45) is 5.92 Å². The number of hydrogen-bond donors (Lipinski definition) is 2. The number of fused-ring (bicyclic) bond motifs is 3. The molecule has 2 N–H and O–H groups in total. The number of aromatic carboxylic acids is 1. The Morgan fingerprint density at radius 3 is 2.30 bits per heavy atom. The van der Waals surface area contributed by atoms with Gasteiger partial charge in [-0.3, -0.25) is 10.1 Å². The van der Waals surface area contributed by atoms with Crippen LogP contribution >= 0.6 is 23.2 Å². The topological polar surface area (TPSA) is 147 Å². The van der Waals surface area contributed by atoms with E-state index in [-0.39, 0.29) is 40.5 Å². The van der Waals surface area contributed by atoms with Crippen molar-refractivity contribution in [1.29, 1.82) is 0 Å². The van der Waals surface area contributed by atoms with Gasteiger partial charge in [0.05, 0.1) is 20.3 Å². The second kappa shape index (κ2) is 17.2. The van der Waals surface area contributed by atoms with E-state index in [4.69, 9.17) is 46.6 Å². The van der Waals surface area contributed by atoms with Crippen molar-refractivity contribution in [1.82, 2.24) is 10.2 Å². The van der Waals surface area contributed by atoms with Crippen molar-refractivity contribution in [2.45, 2.75) is 43.9 Å². The number of nitrogens with one attached hydrogen (secondary N) is 1. The third-order valence-electron chi connectivity index (χ3n) is 10.5. The number of hydrogen-bond acceptors (Lipinski definition) is 10. The molecule has 292 valence electrons. The van der Waals surface area contributed by atoms with Crippen LogP contribution in [0, 0.1) is 5.92 Å². The zero-order valence-electron chi connectivity index (χ0n) is 30.8. The van der Waals surface area contributed by atoms with Gasteiger partial charge in [-0.2, -0.15) is 0 Å². The van der Waals surface area contributed by atoms with Crippen LogP contribution < -0.4 is 29.4 Å². The number of methoxy groups -OCH3 is 2. The normalized spacial score (nSPS) is 18.5. The van der Waals surface area contributed by atoms with Crippen molar-refractivity contribution in [3.63, 3.8) is 0 Å². The predicted octanol–water partition coefficient (Wildman–Crippen LogP) is 6.36. The summed E-state index contributed by atoms with van der Waals surface area (Å²) in [4.78, 5) is 28.2. The Balaban J connectivity index is 1.15. The molecule has 5 aromatic rings. The van der Waals surface area contributed by atoms with E-state index in [1.54, 1.807) is 30.3 Å². The maximum atomic E-state index is 13.3. The summed E-state index contributed by atoms with van der Waals surface area (Å²) in [7, 11) is 3.01. The largest absolute Gasteiger partial charge is 0.542 e. The highest BCUT2D eigenvalue weighted by Crippen LogP contribution is 2.40. The second-order valence-electron chi connectivity index (χ2n) is 13.9. The van der Waals surface area contributed by atoms with Gasteiger partial charge in [0.15, 0.2) is 17.3 Å². The lowest BCUT2D eigenvalue weighted by molar-refractivity contribution is -0.904. The Hall–Kier alpha value is -5.43. The second-order valence-corrected chi connectivity index (χ2v) is 14.7. The van der Waals surface area contributed by atoms with E-state index in [0.717, 1.165) is 48.3 Å². The fourth-order valence-corrected chi connectivity index (χ4v) is 8.25. The Kier molecular flexibility index (Phi) is 11.9. The molecule has 0 saturated carbocycles. The molecule has 2 bridgehead atoms. The molecule has 0 aliphatic carbocycles. The van der Waals surface area contributed by atoms with Crippen molar-refractivity contribution in [3.05, 3.63) is 141 Å². The molecule has 0 unspecified atom stereocenters. The summed E-state index contributed by atoms with van der Waals surface area (Å²) in [5.74, 6) is -0.669. The maximum absolute atomic E-state index is 13.3. The Bertz CT molecular complexity index is 2170. The molecule has 3 aromatic carbocycles. The molecule has 14 heteroatoms. The smallest absolute Gasteiger partial charge is 0.408 e. The fraction of sp³-hybridized carbons (Fsp3) is 0.310. The van der Waals surface area contributed by atoms with Crippen LogP contribution in [0.3, 0.4) is 0 Å². The first-order chi connectivity index (χ1) is 27.1. The molecule has 0 radical (unpaired) electrons. The van der Waals surface area contributed by atoms with Gasteiger partial charge >= 0.3 is 6.09 Å². The number of carbonyl (C=O) groups excluding carboxylic acids is 2. The number of benzene rings is 3. The number of carboxylic acids is 1. The summed E-state index contributed by atoms with van der Waals surface area (Å²) in [6.07, 6.45) is 4.11. The van der Waals surface area contributed by atoms with Gasteiger partial charge in [-0.25, -0.2) is 4.79 Å². The number of nitrogens with zero attached hydrogens (tertiary/aromatic N) is 2. The lowest BCUT2D eigenvalue weighted by atomic mass is 9.85. The molecule has 3 aliphatic heterocycles. The minimum atomic E-state index is -1.53. The summed E-state index contributed by atoms with van der Waals surface area (Å²) in [6, 6.07) is 23.2. The molecule has 0 spiro atoms. The first-order valence-corrected chi connectivity index (χ1v) is 19.0. The molecule has 56 heavy (non-hydrogen) atoms. The molecule has 3 fully saturated rings. The number of amides is 1. The Morgan fingerprint density at radius 1 is 0.929 bits per heavy atom. The van der Waals surface area contributed by atoms with E-state index in [0.29, 0.717) is 34.3 Å². The zero-order chi connectivity index (χ0) is 39.3. The van der Waals surface area contributed by atoms with Crippen molar-refractivity contribution in [3.8, 4) is 17.2 Å². The van der Waals surface area contributed by atoms with Crippen LogP contribution in [-0.2, 0) is 17.8 Å². The van der Waals surface area contributed by atoms with Crippen LogP contribution in [-0.4, -0.2) is 62.1 Å². The number of alkyl carbamates (subject to hydrolysis) is 1. The van der Waals surface area contributed by atoms with Gasteiger partial charge in [0.2, 0.25) is 12.4 Å². The average molecular weight is 803 g/mol. The number of carboxylic acid groups (broad SMARTS) is 1. The van der Waals surface area contributed by atoms with Crippen molar-refractivity contribution < 1.29 is 48.0 Å². The monoisotopic (exact) mass is 801 g/mol. The van der Waals surface area contributed by atoms with Gasteiger partial charge < -0.3 is 38.6 Å². The summed E-state index contributed by atoms with van der Waals surface area (Å²) in [5, 5.41) is 26.0. The van der Waals surface area contributed by atoms with Crippen molar-refractivity contribution >= 4 is 35.3 Å². The highest BCUT2D eigenvalue weighted by Gasteiger charge is 2.37. The molecule has 3 atom stereocenters. The predicted molar refractivity (Wildman–Crippen MR) is 204 cm³/mol. The van der Waals surface area contributed by atoms with E-state index in [2.05, 4.69) is 10.2 Å². The van der Waals surface area contributed by atoms with Crippen LogP contribution in [0.2, 0.25) is 10.0 Å². The quantitative estimate of drug-likeness (QED) is 0.0962. The highest BCUT2D eigenvalue weighted by atomic mass is 35.5. The van der Waals surface area contributed by atoms with Crippen molar-refractivity contribution in [2.75, 3.05) is 33.9 Å². The van der Waals surface area contributed by atoms with Gasteiger partial charge in [-0.15, -0.1) is 0 Å². The van der Waals surface area contributed by atoms with Crippen LogP contribution in [0.15, 0.2) is 95.7 Å². The molecule has 5 heterocycles. The minimum absolute atomic E-state index is 0.117. The number of carbonyl (C=O) groups is 2. The van der Waals surface area contributed by atoms with E-state index in [1.165, 1.54) is 26.6 Å². The summed E-state index contributed by atoms with van der Waals surface area (Å²) in [6.45, 7) is 2.70. The van der Waals surface area contributed by atoms with Gasteiger partial charge in [-0.1, -0.05) is 71.7 Å². The number of piperidine rings is 3. The van der Waals surface area contributed by atoms with Crippen LogP contribution in [0.4, 0.5) is 4.79 Å². The number of halogens is 2. The molecular formula is C42H41Cl2N3O9. The zero-order valence-corrected chi connectivity index (χ0v) is 32.3. The third kappa shape index (κ3) is 8.67. The number of ether oxygens (including phenoxy) is 4. The SMILES string of the molecule is COc1ccc([C@H](Cc2c(Cl)c[n+](O)cc2Cl)c2cc(COc3cccc([C@@H](NC(=O)O[C@H]4CN5CCC4CC5)c4ccccc4)c3)oc2C(=O)[O-])cc1OC. The highest BCUT2D eigenvalue weighted by molar-refractivity contribution is 6.35. The van der Waals surface area contributed by atoms with Gasteiger partial charge in [-0.05, 0) is 85.3 Å². The maximum Gasteiger partial charge on any atom is 0.408 e. The first-order valence-electron chi connectivity index (χ1n) is 18.2.